The van der Waals surface area contributed by atoms with Gasteiger partial charge < -0.3 is 10.2 Å². The molecular formula is C14H24N4. The van der Waals surface area contributed by atoms with Gasteiger partial charge in [0.2, 0.25) is 0 Å². The lowest BCUT2D eigenvalue weighted by atomic mass is 10.0. The summed E-state index contributed by atoms with van der Waals surface area (Å²) in [5.74, 6) is 0. The molecule has 0 radical (unpaired) electrons. The molecule has 3 rings (SSSR count). The van der Waals surface area contributed by atoms with Crippen LogP contribution in [0, 0.1) is 6.92 Å². The topological polar surface area (TPSA) is 33.1 Å². The molecule has 4 heteroatoms. The van der Waals surface area contributed by atoms with Crippen molar-refractivity contribution in [2.24, 2.45) is 7.05 Å². The van der Waals surface area contributed by atoms with Gasteiger partial charge in [0.05, 0.1) is 5.69 Å². The molecule has 1 saturated carbocycles. The first-order valence-corrected chi connectivity index (χ1v) is 7.19. The third-order valence-corrected chi connectivity index (χ3v) is 4.29. The SMILES string of the molecule is Cc1nn(C)cc1CNC1CCN(C2CC2)CC1. The Bertz CT molecular complexity index is 400. The smallest absolute Gasteiger partial charge is 0.0638 e. The van der Waals surface area contributed by atoms with Crippen molar-refractivity contribution in [1.82, 2.24) is 20.0 Å². The van der Waals surface area contributed by atoms with Crippen LogP contribution in [0.25, 0.3) is 0 Å². The van der Waals surface area contributed by atoms with Gasteiger partial charge in [0.25, 0.3) is 0 Å². The fourth-order valence-electron chi connectivity index (χ4n) is 2.98. The molecule has 1 N–H and O–H groups in total. The molecule has 1 aromatic rings. The second-order valence-electron chi connectivity index (χ2n) is 5.84. The fourth-order valence-corrected chi connectivity index (χ4v) is 2.98. The van der Waals surface area contributed by atoms with Crippen LogP contribution in [-0.2, 0) is 13.6 Å². The van der Waals surface area contributed by atoms with Gasteiger partial charge in [0.1, 0.15) is 0 Å². The van der Waals surface area contributed by atoms with Crippen molar-refractivity contribution in [3.8, 4) is 0 Å². The van der Waals surface area contributed by atoms with Crippen molar-refractivity contribution in [2.75, 3.05) is 13.1 Å². The van der Waals surface area contributed by atoms with E-state index in [2.05, 4.69) is 28.4 Å². The summed E-state index contributed by atoms with van der Waals surface area (Å²) in [4.78, 5) is 2.67. The Kier molecular flexibility index (Phi) is 3.39. The number of nitrogens with one attached hydrogen (secondary N) is 1. The van der Waals surface area contributed by atoms with E-state index in [1.165, 1.54) is 44.3 Å². The summed E-state index contributed by atoms with van der Waals surface area (Å²) in [5.41, 5.74) is 2.49. The van der Waals surface area contributed by atoms with Gasteiger partial charge in [-0.3, -0.25) is 4.68 Å². The lowest BCUT2D eigenvalue weighted by molar-refractivity contribution is 0.189. The molecule has 0 amide bonds. The average Bonchev–Trinajstić information content (AvgIpc) is 3.14. The largest absolute Gasteiger partial charge is 0.310 e. The summed E-state index contributed by atoms with van der Waals surface area (Å²) in [5, 5.41) is 8.08. The normalized spacial score (nSPS) is 22.6. The van der Waals surface area contributed by atoms with Crippen LogP contribution in [0.2, 0.25) is 0 Å². The average molecular weight is 248 g/mol. The zero-order chi connectivity index (χ0) is 12.5. The molecule has 1 aromatic heterocycles. The van der Waals surface area contributed by atoms with E-state index in [-0.39, 0.29) is 0 Å². The first-order chi connectivity index (χ1) is 8.72. The Hall–Kier alpha value is -0.870. The Balaban J connectivity index is 1.45. The highest BCUT2D eigenvalue weighted by atomic mass is 15.3. The van der Waals surface area contributed by atoms with Gasteiger partial charge in [-0.25, -0.2) is 0 Å². The van der Waals surface area contributed by atoms with Crippen LogP contribution < -0.4 is 5.32 Å². The molecule has 100 valence electrons. The van der Waals surface area contributed by atoms with Crippen molar-refractivity contribution in [3.63, 3.8) is 0 Å². The van der Waals surface area contributed by atoms with Gasteiger partial charge in [-0.15, -0.1) is 0 Å². The minimum absolute atomic E-state index is 0.694. The standard InChI is InChI=1S/C14H24N4/c1-11-12(10-17(2)16-11)9-15-13-5-7-18(8-6-13)14-3-4-14/h10,13-15H,3-9H2,1-2H3. The lowest BCUT2D eigenvalue weighted by Gasteiger charge is -2.32. The third-order valence-electron chi connectivity index (χ3n) is 4.29. The highest BCUT2D eigenvalue weighted by Gasteiger charge is 2.31. The molecule has 1 aliphatic carbocycles. The van der Waals surface area contributed by atoms with Crippen LogP contribution in [0.5, 0.6) is 0 Å². The molecule has 1 aliphatic heterocycles. The first-order valence-electron chi connectivity index (χ1n) is 7.19. The Labute approximate surface area is 109 Å². The van der Waals surface area contributed by atoms with Gasteiger partial charge >= 0.3 is 0 Å². The molecule has 0 unspecified atom stereocenters. The number of hydrogen-bond acceptors (Lipinski definition) is 3. The Morgan fingerprint density at radius 1 is 1.28 bits per heavy atom. The summed E-state index contributed by atoms with van der Waals surface area (Å²) >= 11 is 0. The van der Waals surface area contributed by atoms with Crippen molar-refractivity contribution < 1.29 is 0 Å². The van der Waals surface area contributed by atoms with E-state index in [0.717, 1.165) is 18.3 Å². The van der Waals surface area contributed by atoms with Gasteiger partial charge in [-0.2, -0.15) is 5.10 Å². The number of piperidine rings is 1. The summed E-state index contributed by atoms with van der Waals surface area (Å²) in [7, 11) is 1.99. The molecule has 0 spiro atoms. The maximum Gasteiger partial charge on any atom is 0.0638 e. The predicted octanol–water partition coefficient (Wildman–Crippen LogP) is 1.44. The molecule has 2 aliphatic rings. The predicted molar refractivity (Wildman–Crippen MR) is 72.4 cm³/mol. The number of hydrogen-bond donors (Lipinski definition) is 1. The maximum atomic E-state index is 4.39. The van der Waals surface area contributed by atoms with Gasteiger partial charge in [0, 0.05) is 37.4 Å². The van der Waals surface area contributed by atoms with E-state index >= 15 is 0 Å². The molecule has 0 bridgehead atoms. The van der Waals surface area contributed by atoms with Crippen LogP contribution in [0.1, 0.15) is 36.9 Å². The third kappa shape index (κ3) is 2.75. The molecule has 2 fully saturated rings. The van der Waals surface area contributed by atoms with E-state index in [9.17, 15) is 0 Å². The Morgan fingerprint density at radius 3 is 2.56 bits per heavy atom. The van der Waals surface area contributed by atoms with E-state index in [4.69, 9.17) is 0 Å². The maximum absolute atomic E-state index is 4.39. The lowest BCUT2D eigenvalue weighted by Crippen LogP contribution is -2.43. The van der Waals surface area contributed by atoms with Crippen LogP contribution in [-0.4, -0.2) is 39.9 Å². The van der Waals surface area contributed by atoms with Crippen molar-refractivity contribution in [3.05, 3.63) is 17.5 Å². The number of likely N-dealkylation sites (tertiary alicyclic amines) is 1. The summed E-state index contributed by atoms with van der Waals surface area (Å²) in [6.45, 7) is 5.63. The molecule has 4 nitrogen and oxygen atoms in total. The number of aromatic nitrogens is 2. The minimum Gasteiger partial charge on any atom is -0.310 e. The number of rotatable bonds is 4. The van der Waals surface area contributed by atoms with E-state index in [1.54, 1.807) is 0 Å². The fraction of sp³-hybridized carbons (Fsp3) is 0.786. The van der Waals surface area contributed by atoms with Crippen LogP contribution in [0.3, 0.4) is 0 Å². The molecule has 0 aromatic carbocycles. The monoisotopic (exact) mass is 248 g/mol. The minimum atomic E-state index is 0.694. The second kappa shape index (κ2) is 5.02. The van der Waals surface area contributed by atoms with E-state index in [0.29, 0.717) is 6.04 Å². The number of nitrogens with zero attached hydrogens (tertiary/aromatic N) is 3. The zero-order valence-electron chi connectivity index (χ0n) is 11.5. The van der Waals surface area contributed by atoms with Crippen LogP contribution in [0.4, 0.5) is 0 Å². The highest BCUT2D eigenvalue weighted by Crippen LogP contribution is 2.29. The van der Waals surface area contributed by atoms with E-state index < -0.39 is 0 Å². The van der Waals surface area contributed by atoms with Crippen LogP contribution >= 0.6 is 0 Å². The van der Waals surface area contributed by atoms with Crippen molar-refractivity contribution in [1.29, 1.82) is 0 Å². The molecule has 0 atom stereocenters. The van der Waals surface area contributed by atoms with E-state index in [1.807, 2.05) is 11.7 Å². The van der Waals surface area contributed by atoms with Crippen LogP contribution in [0.15, 0.2) is 6.20 Å². The second-order valence-corrected chi connectivity index (χ2v) is 5.84. The highest BCUT2D eigenvalue weighted by molar-refractivity contribution is 5.14. The van der Waals surface area contributed by atoms with Crippen molar-refractivity contribution in [2.45, 2.75) is 51.2 Å². The molecule has 2 heterocycles. The summed E-state index contributed by atoms with van der Waals surface area (Å²) in [6.07, 6.45) is 7.60. The zero-order valence-corrected chi connectivity index (χ0v) is 11.5. The van der Waals surface area contributed by atoms with Crippen molar-refractivity contribution >= 4 is 0 Å². The molecule has 18 heavy (non-hydrogen) atoms. The summed E-state index contributed by atoms with van der Waals surface area (Å²) < 4.78 is 1.90. The van der Waals surface area contributed by atoms with Gasteiger partial charge in [-0.05, 0) is 45.7 Å². The van der Waals surface area contributed by atoms with Gasteiger partial charge in [-0.1, -0.05) is 0 Å². The quantitative estimate of drug-likeness (QED) is 0.875. The molecular weight excluding hydrogens is 224 g/mol. The molecule has 1 saturated heterocycles. The number of aryl methyl sites for hydroxylation is 2. The Morgan fingerprint density at radius 2 is 2.00 bits per heavy atom. The summed E-state index contributed by atoms with van der Waals surface area (Å²) in [6, 6.07) is 1.63. The van der Waals surface area contributed by atoms with Gasteiger partial charge in [0.15, 0.2) is 0 Å². The first kappa shape index (κ1) is 12.2.